The Bertz CT molecular complexity index is 659. The van der Waals surface area contributed by atoms with Crippen LogP contribution in [0.25, 0.3) is 0 Å². The first-order valence-electron chi connectivity index (χ1n) is 8.10. The van der Waals surface area contributed by atoms with Crippen LogP contribution in [0, 0.1) is 0 Å². The zero-order chi connectivity index (χ0) is 17.4. The van der Waals surface area contributed by atoms with Crippen LogP contribution < -0.4 is 16.4 Å². The Labute approximate surface area is 142 Å². The third-order valence-electron chi connectivity index (χ3n) is 3.94. The highest BCUT2D eigenvalue weighted by Crippen LogP contribution is 2.10. The Morgan fingerprint density at radius 2 is 1.62 bits per heavy atom. The number of benzene rings is 2. The van der Waals surface area contributed by atoms with Crippen molar-refractivity contribution in [1.29, 1.82) is 0 Å². The fourth-order valence-electron chi connectivity index (χ4n) is 2.67. The maximum Gasteiger partial charge on any atom is 0.319 e. The monoisotopic (exact) mass is 326 g/mol. The molecule has 0 bridgehead atoms. The van der Waals surface area contributed by atoms with E-state index in [0.29, 0.717) is 0 Å². The summed E-state index contributed by atoms with van der Waals surface area (Å²) in [7, 11) is 0. The predicted molar refractivity (Wildman–Crippen MR) is 93.1 cm³/mol. The number of carbonyl (C=O) groups is 2. The highest BCUT2D eigenvalue weighted by molar-refractivity contribution is 5.96. The minimum Gasteiger partial charge on any atom is -0.351 e. The molecule has 2 atom stereocenters. The average Bonchev–Trinajstić information content (AvgIpc) is 2.59. The van der Waals surface area contributed by atoms with Crippen LogP contribution in [-0.2, 0) is 11.2 Å². The Balaban J connectivity index is 2.01. The first-order valence-corrected chi connectivity index (χ1v) is 8.10. The van der Waals surface area contributed by atoms with E-state index in [2.05, 4.69) is 24.4 Å². The van der Waals surface area contributed by atoms with E-state index in [1.165, 1.54) is 5.56 Å². The molecule has 0 saturated heterocycles. The molecule has 0 unspecified atom stereocenters. The normalized spacial score (nSPS) is 13.0. The van der Waals surface area contributed by atoms with Crippen molar-refractivity contribution in [2.45, 2.75) is 31.8 Å². The molecule has 0 fully saturated rings. The lowest BCUT2D eigenvalue weighted by molar-refractivity contribution is -0.713. The third-order valence-corrected chi connectivity index (χ3v) is 3.94. The van der Waals surface area contributed by atoms with Gasteiger partial charge in [0.2, 0.25) is 0 Å². The molecule has 5 N–H and O–H groups in total. The lowest BCUT2D eigenvalue weighted by atomic mass is 10.0. The molecule has 126 valence electrons. The van der Waals surface area contributed by atoms with E-state index >= 15 is 0 Å². The van der Waals surface area contributed by atoms with Crippen molar-refractivity contribution < 1.29 is 14.9 Å². The van der Waals surface area contributed by atoms with Crippen molar-refractivity contribution in [1.82, 2.24) is 5.32 Å². The van der Waals surface area contributed by atoms with Gasteiger partial charge in [0, 0.05) is 12.0 Å². The summed E-state index contributed by atoms with van der Waals surface area (Å²) in [5.41, 5.74) is 7.21. The molecule has 5 nitrogen and oxygen atoms in total. The first kappa shape index (κ1) is 17.7. The summed E-state index contributed by atoms with van der Waals surface area (Å²) < 4.78 is 0. The van der Waals surface area contributed by atoms with E-state index < -0.39 is 12.1 Å². The van der Waals surface area contributed by atoms with Crippen LogP contribution >= 0.6 is 0 Å². The summed E-state index contributed by atoms with van der Waals surface area (Å²) in [6, 6.07) is 18.5. The summed E-state index contributed by atoms with van der Waals surface area (Å²) in [6.45, 7) is 2.08. The molecule has 0 aliphatic heterocycles. The number of nitrogens with one attached hydrogen (secondary N) is 1. The zero-order valence-electron chi connectivity index (χ0n) is 13.8. The van der Waals surface area contributed by atoms with Gasteiger partial charge >= 0.3 is 6.03 Å². The predicted octanol–water partition coefficient (Wildman–Crippen LogP) is 1.51. The van der Waals surface area contributed by atoms with Crippen molar-refractivity contribution in [2.75, 3.05) is 0 Å². The molecule has 0 aliphatic carbocycles. The Morgan fingerprint density at radius 1 is 1.04 bits per heavy atom. The smallest absolute Gasteiger partial charge is 0.319 e. The van der Waals surface area contributed by atoms with Gasteiger partial charge in [-0.1, -0.05) is 60.7 Å². The molecular formula is C19H24N3O2+. The highest BCUT2D eigenvalue weighted by atomic mass is 16.2. The molecule has 2 aromatic rings. The van der Waals surface area contributed by atoms with Crippen molar-refractivity contribution in [3.8, 4) is 0 Å². The Hall–Kier alpha value is -2.66. The maximum absolute atomic E-state index is 12.3. The van der Waals surface area contributed by atoms with Crippen molar-refractivity contribution >= 4 is 11.9 Å². The van der Waals surface area contributed by atoms with Crippen LogP contribution in [0.2, 0.25) is 0 Å². The van der Waals surface area contributed by atoms with Crippen LogP contribution in [0.15, 0.2) is 60.7 Å². The highest BCUT2D eigenvalue weighted by Gasteiger charge is 2.27. The van der Waals surface area contributed by atoms with Gasteiger partial charge in [-0.15, -0.1) is 0 Å². The molecular weight excluding hydrogens is 302 g/mol. The van der Waals surface area contributed by atoms with Crippen LogP contribution in [0.5, 0.6) is 0 Å². The van der Waals surface area contributed by atoms with Crippen LogP contribution in [0.4, 0.5) is 4.79 Å². The number of hydrogen-bond donors (Lipinski definition) is 3. The minimum absolute atomic E-state index is 0.217. The largest absolute Gasteiger partial charge is 0.351 e. The van der Waals surface area contributed by atoms with E-state index in [9.17, 15) is 9.59 Å². The molecule has 3 amide bonds. The quantitative estimate of drug-likeness (QED) is 0.720. The van der Waals surface area contributed by atoms with E-state index in [4.69, 9.17) is 5.73 Å². The molecule has 0 saturated carbocycles. The summed E-state index contributed by atoms with van der Waals surface area (Å²) in [6.07, 6.45) is 1.87. The molecule has 0 heterocycles. The summed E-state index contributed by atoms with van der Waals surface area (Å²) in [5.74, 6) is -0.389. The molecule has 2 rings (SSSR count). The van der Waals surface area contributed by atoms with E-state index in [-0.39, 0.29) is 11.9 Å². The molecule has 5 heteroatoms. The number of urea groups is 1. The lowest BCUT2D eigenvalue weighted by Crippen LogP contribution is -2.92. The van der Waals surface area contributed by atoms with E-state index in [0.717, 1.165) is 18.4 Å². The van der Waals surface area contributed by atoms with Gasteiger partial charge in [-0.25, -0.2) is 4.79 Å². The van der Waals surface area contributed by atoms with Gasteiger partial charge in [-0.2, -0.15) is 0 Å². The van der Waals surface area contributed by atoms with Crippen LogP contribution in [0.1, 0.15) is 30.5 Å². The standard InChI is InChI=1S/C19H23N3O2/c1-14(12-13-15-8-4-2-5-9-15)21-17(18(23)22-19(20)24)16-10-6-3-7-11-16/h2-11,14,17,21H,12-13H2,1H3,(H3,20,22,23,24)/p+1/t14-,17+/m1/s1. The number of imide groups is 1. The Kier molecular flexibility index (Phi) is 6.51. The number of nitrogens with two attached hydrogens (primary N) is 2. The first-order chi connectivity index (χ1) is 11.6. The molecule has 0 spiro atoms. The van der Waals surface area contributed by atoms with Gasteiger partial charge in [-0.3, -0.25) is 10.1 Å². The topological polar surface area (TPSA) is 88.8 Å². The Morgan fingerprint density at radius 3 is 2.21 bits per heavy atom. The number of hydrogen-bond acceptors (Lipinski definition) is 2. The van der Waals surface area contributed by atoms with Gasteiger partial charge in [0.1, 0.15) is 0 Å². The molecule has 2 aromatic carbocycles. The van der Waals surface area contributed by atoms with Gasteiger partial charge in [0.15, 0.2) is 6.04 Å². The van der Waals surface area contributed by atoms with Crippen molar-refractivity contribution in [3.63, 3.8) is 0 Å². The second-order valence-corrected chi connectivity index (χ2v) is 5.94. The van der Waals surface area contributed by atoms with E-state index in [1.54, 1.807) is 0 Å². The number of rotatable bonds is 7. The lowest BCUT2D eigenvalue weighted by Gasteiger charge is -2.19. The number of aryl methyl sites for hydroxylation is 1. The van der Waals surface area contributed by atoms with Gasteiger partial charge in [0.25, 0.3) is 5.91 Å². The summed E-state index contributed by atoms with van der Waals surface area (Å²) in [5, 5.41) is 4.17. The average molecular weight is 326 g/mol. The van der Waals surface area contributed by atoms with Crippen molar-refractivity contribution in [3.05, 3.63) is 71.8 Å². The fourth-order valence-corrected chi connectivity index (χ4v) is 2.67. The molecule has 0 radical (unpaired) electrons. The fraction of sp³-hybridized carbons (Fsp3) is 0.263. The molecule has 24 heavy (non-hydrogen) atoms. The second-order valence-electron chi connectivity index (χ2n) is 5.94. The maximum atomic E-state index is 12.3. The zero-order valence-corrected chi connectivity index (χ0v) is 13.8. The number of primary amides is 1. The molecule has 0 aromatic heterocycles. The second kappa shape index (κ2) is 8.84. The van der Waals surface area contributed by atoms with Gasteiger partial charge in [-0.05, 0) is 18.9 Å². The molecule has 0 aliphatic rings. The van der Waals surface area contributed by atoms with Gasteiger partial charge < -0.3 is 11.1 Å². The number of quaternary nitrogens is 1. The SMILES string of the molecule is C[C@H](CCc1ccccc1)[NH2+][C@H](C(=O)NC(N)=O)c1ccccc1. The van der Waals surface area contributed by atoms with E-state index in [1.807, 2.05) is 53.8 Å². The summed E-state index contributed by atoms with van der Waals surface area (Å²) >= 11 is 0. The number of carbonyl (C=O) groups excluding carboxylic acids is 2. The minimum atomic E-state index is -0.828. The van der Waals surface area contributed by atoms with Crippen LogP contribution in [-0.4, -0.2) is 18.0 Å². The summed E-state index contributed by atoms with van der Waals surface area (Å²) in [4.78, 5) is 23.3. The van der Waals surface area contributed by atoms with Crippen LogP contribution in [0.3, 0.4) is 0 Å². The third kappa shape index (κ3) is 5.52. The van der Waals surface area contributed by atoms with Crippen molar-refractivity contribution in [2.24, 2.45) is 5.73 Å². The van der Waals surface area contributed by atoms with Gasteiger partial charge in [0.05, 0.1) is 6.04 Å². The number of amides is 3.